The minimum Gasteiger partial charge on any atom is -0.494 e. The van der Waals surface area contributed by atoms with E-state index in [9.17, 15) is 0 Å². The van der Waals surface area contributed by atoms with Gasteiger partial charge in [-0.2, -0.15) is 4.98 Å². The van der Waals surface area contributed by atoms with E-state index in [4.69, 9.17) is 9.72 Å². The van der Waals surface area contributed by atoms with Crippen molar-refractivity contribution in [1.29, 1.82) is 0 Å². The summed E-state index contributed by atoms with van der Waals surface area (Å²) < 4.78 is 5.94. The van der Waals surface area contributed by atoms with E-state index >= 15 is 0 Å². The quantitative estimate of drug-likeness (QED) is 0.561. The summed E-state index contributed by atoms with van der Waals surface area (Å²) in [6, 6.07) is 10.1. The fraction of sp³-hybridized carbons (Fsp3) is 0.583. The van der Waals surface area contributed by atoms with E-state index in [1.807, 2.05) is 36.5 Å². The van der Waals surface area contributed by atoms with Gasteiger partial charge in [-0.15, -0.1) is 0 Å². The van der Waals surface area contributed by atoms with Gasteiger partial charge >= 0.3 is 0 Å². The standard InChI is InChI=1S/C24H34N4O/c1-3-8-20(9-4-1)10-7-19-29-22-13-11-21(12-14-22)26-24-25-16-15-23(27-24)28-17-5-2-6-18-28/h11-16,20H,1-10,17-19H2,(H,25,26,27). The molecule has 1 aliphatic heterocycles. The number of hydrogen-bond acceptors (Lipinski definition) is 5. The Morgan fingerprint density at radius 2 is 1.69 bits per heavy atom. The largest absolute Gasteiger partial charge is 0.494 e. The van der Waals surface area contributed by atoms with Crippen molar-refractivity contribution in [3.63, 3.8) is 0 Å². The van der Waals surface area contributed by atoms with Crippen LogP contribution in [0.1, 0.15) is 64.2 Å². The Morgan fingerprint density at radius 3 is 2.48 bits per heavy atom. The van der Waals surface area contributed by atoms with Gasteiger partial charge in [0, 0.05) is 25.0 Å². The number of hydrogen-bond donors (Lipinski definition) is 1. The zero-order valence-electron chi connectivity index (χ0n) is 17.5. The average Bonchev–Trinajstić information content (AvgIpc) is 2.79. The number of anilines is 3. The molecule has 29 heavy (non-hydrogen) atoms. The van der Waals surface area contributed by atoms with Crippen LogP contribution in [0.3, 0.4) is 0 Å². The van der Waals surface area contributed by atoms with Crippen LogP contribution < -0.4 is 15.0 Å². The fourth-order valence-electron chi connectivity index (χ4n) is 4.51. The predicted molar refractivity (Wildman–Crippen MR) is 119 cm³/mol. The maximum Gasteiger partial charge on any atom is 0.229 e. The minimum atomic E-state index is 0.647. The Kier molecular flexibility index (Phi) is 7.22. The highest BCUT2D eigenvalue weighted by Gasteiger charge is 2.13. The van der Waals surface area contributed by atoms with Gasteiger partial charge in [0.05, 0.1) is 6.61 Å². The van der Waals surface area contributed by atoms with E-state index in [1.54, 1.807) is 0 Å². The van der Waals surface area contributed by atoms with E-state index in [0.717, 1.165) is 49.3 Å². The Bertz CT molecular complexity index is 737. The van der Waals surface area contributed by atoms with Gasteiger partial charge in [0.2, 0.25) is 5.95 Å². The summed E-state index contributed by atoms with van der Waals surface area (Å²) in [5, 5.41) is 3.32. The summed E-state index contributed by atoms with van der Waals surface area (Å²) >= 11 is 0. The summed E-state index contributed by atoms with van der Waals surface area (Å²) in [4.78, 5) is 11.4. The van der Waals surface area contributed by atoms with Crippen LogP contribution in [0.25, 0.3) is 0 Å². The zero-order valence-corrected chi connectivity index (χ0v) is 17.5. The van der Waals surface area contributed by atoms with Gasteiger partial charge in [-0.05, 0) is 68.4 Å². The second-order valence-corrected chi connectivity index (χ2v) is 8.43. The normalized spacial score (nSPS) is 17.9. The Hall–Kier alpha value is -2.30. The molecule has 0 radical (unpaired) electrons. The Morgan fingerprint density at radius 1 is 0.931 bits per heavy atom. The van der Waals surface area contributed by atoms with Gasteiger partial charge in [-0.25, -0.2) is 4.98 Å². The number of nitrogens with one attached hydrogen (secondary N) is 1. The number of rotatable bonds is 8. The lowest BCUT2D eigenvalue weighted by Crippen LogP contribution is -2.30. The van der Waals surface area contributed by atoms with Crippen molar-refractivity contribution in [3.05, 3.63) is 36.5 Å². The monoisotopic (exact) mass is 394 g/mol. The van der Waals surface area contributed by atoms with Crippen LogP contribution in [0.5, 0.6) is 5.75 Å². The zero-order chi connectivity index (χ0) is 19.7. The lowest BCUT2D eigenvalue weighted by molar-refractivity contribution is 0.269. The second-order valence-electron chi connectivity index (χ2n) is 8.43. The molecule has 156 valence electrons. The molecule has 0 unspecified atom stereocenters. The highest BCUT2D eigenvalue weighted by atomic mass is 16.5. The van der Waals surface area contributed by atoms with Crippen LogP contribution in [0.4, 0.5) is 17.5 Å². The minimum absolute atomic E-state index is 0.647. The van der Waals surface area contributed by atoms with Crippen molar-refractivity contribution in [2.24, 2.45) is 5.92 Å². The van der Waals surface area contributed by atoms with Gasteiger partial charge in [-0.3, -0.25) is 0 Å². The third-order valence-corrected chi connectivity index (χ3v) is 6.18. The average molecular weight is 395 g/mol. The molecular weight excluding hydrogens is 360 g/mol. The van der Waals surface area contributed by atoms with Crippen molar-refractivity contribution in [2.75, 3.05) is 29.9 Å². The highest BCUT2D eigenvalue weighted by Crippen LogP contribution is 2.27. The molecule has 2 fully saturated rings. The first-order chi connectivity index (χ1) is 14.4. The van der Waals surface area contributed by atoms with Gasteiger partial charge in [0.15, 0.2) is 0 Å². The Balaban J connectivity index is 1.24. The summed E-state index contributed by atoms with van der Waals surface area (Å²) in [5.41, 5.74) is 0.982. The Labute approximate surface area is 174 Å². The molecule has 5 nitrogen and oxygen atoms in total. The van der Waals surface area contributed by atoms with E-state index in [1.165, 1.54) is 57.8 Å². The summed E-state index contributed by atoms with van der Waals surface area (Å²) in [7, 11) is 0. The molecule has 1 aliphatic carbocycles. The summed E-state index contributed by atoms with van der Waals surface area (Å²) in [6.07, 6.45) is 15.2. The number of nitrogens with zero attached hydrogens (tertiary/aromatic N) is 3. The number of piperidine rings is 1. The highest BCUT2D eigenvalue weighted by molar-refractivity contribution is 5.56. The molecule has 1 saturated heterocycles. The summed E-state index contributed by atoms with van der Waals surface area (Å²) in [5.74, 6) is 3.52. The molecular formula is C24H34N4O. The molecule has 1 N–H and O–H groups in total. The SMILES string of the molecule is c1cc(N2CCCCC2)nc(Nc2ccc(OCCCC3CCCCC3)cc2)n1. The number of ether oxygens (including phenoxy) is 1. The molecule has 1 aromatic carbocycles. The molecule has 4 rings (SSSR count). The molecule has 0 bridgehead atoms. The molecule has 2 aromatic rings. The van der Waals surface area contributed by atoms with Gasteiger partial charge in [0.1, 0.15) is 11.6 Å². The molecule has 2 aliphatic rings. The first-order valence-electron chi connectivity index (χ1n) is 11.4. The maximum absolute atomic E-state index is 5.94. The van der Waals surface area contributed by atoms with Crippen molar-refractivity contribution in [2.45, 2.75) is 64.2 Å². The smallest absolute Gasteiger partial charge is 0.229 e. The molecule has 2 heterocycles. The third kappa shape index (κ3) is 6.09. The van der Waals surface area contributed by atoms with Crippen LogP contribution in [-0.2, 0) is 0 Å². The first-order valence-corrected chi connectivity index (χ1v) is 11.4. The van der Waals surface area contributed by atoms with Crippen LogP contribution >= 0.6 is 0 Å². The third-order valence-electron chi connectivity index (χ3n) is 6.18. The van der Waals surface area contributed by atoms with Crippen LogP contribution in [0.2, 0.25) is 0 Å². The van der Waals surface area contributed by atoms with E-state index in [0.29, 0.717) is 5.95 Å². The van der Waals surface area contributed by atoms with E-state index in [2.05, 4.69) is 15.2 Å². The van der Waals surface area contributed by atoms with Crippen LogP contribution in [0.15, 0.2) is 36.5 Å². The molecule has 0 amide bonds. The van der Waals surface area contributed by atoms with E-state index in [-0.39, 0.29) is 0 Å². The lowest BCUT2D eigenvalue weighted by atomic mass is 9.86. The van der Waals surface area contributed by atoms with Crippen molar-refractivity contribution in [1.82, 2.24) is 9.97 Å². The number of benzene rings is 1. The van der Waals surface area contributed by atoms with Crippen molar-refractivity contribution >= 4 is 17.5 Å². The fourth-order valence-corrected chi connectivity index (χ4v) is 4.51. The molecule has 1 aromatic heterocycles. The lowest BCUT2D eigenvalue weighted by Gasteiger charge is -2.27. The van der Waals surface area contributed by atoms with Gasteiger partial charge in [0.25, 0.3) is 0 Å². The van der Waals surface area contributed by atoms with E-state index < -0.39 is 0 Å². The molecule has 5 heteroatoms. The maximum atomic E-state index is 5.94. The number of aromatic nitrogens is 2. The van der Waals surface area contributed by atoms with Gasteiger partial charge < -0.3 is 15.0 Å². The van der Waals surface area contributed by atoms with Crippen molar-refractivity contribution in [3.8, 4) is 5.75 Å². The molecule has 0 spiro atoms. The second kappa shape index (κ2) is 10.5. The topological polar surface area (TPSA) is 50.3 Å². The summed E-state index contributed by atoms with van der Waals surface area (Å²) in [6.45, 7) is 2.98. The van der Waals surface area contributed by atoms with Crippen LogP contribution in [-0.4, -0.2) is 29.7 Å². The molecule has 0 atom stereocenters. The molecule has 1 saturated carbocycles. The van der Waals surface area contributed by atoms with Gasteiger partial charge in [-0.1, -0.05) is 32.1 Å². The van der Waals surface area contributed by atoms with Crippen molar-refractivity contribution < 1.29 is 4.74 Å². The first kappa shape index (κ1) is 20.0. The van der Waals surface area contributed by atoms with Crippen LogP contribution in [0, 0.1) is 5.92 Å². The predicted octanol–water partition coefficient (Wildman–Crippen LogP) is 5.95.